The highest BCUT2D eigenvalue weighted by molar-refractivity contribution is 5.80. The third-order valence-corrected chi connectivity index (χ3v) is 5.13. The van der Waals surface area contributed by atoms with E-state index in [1.54, 1.807) is 43.3 Å². The van der Waals surface area contributed by atoms with Crippen LogP contribution in [0.1, 0.15) is 32.4 Å². The van der Waals surface area contributed by atoms with Crippen molar-refractivity contribution in [3.05, 3.63) is 48.4 Å². The van der Waals surface area contributed by atoms with E-state index in [1.165, 1.54) is 6.26 Å². The molecule has 1 aliphatic heterocycles. The molecule has 9 heteroatoms. The van der Waals surface area contributed by atoms with E-state index in [9.17, 15) is 13.9 Å². The number of aliphatic imine (C=N–C) groups is 1. The van der Waals surface area contributed by atoms with Crippen LogP contribution in [0.25, 0.3) is 0 Å². The van der Waals surface area contributed by atoms with Crippen molar-refractivity contribution in [2.45, 2.75) is 44.9 Å². The van der Waals surface area contributed by atoms with Crippen LogP contribution in [-0.4, -0.2) is 49.9 Å². The molecule has 0 spiro atoms. The molecule has 1 fully saturated rings. The van der Waals surface area contributed by atoms with Crippen molar-refractivity contribution in [3.8, 4) is 5.75 Å². The fourth-order valence-corrected chi connectivity index (χ4v) is 3.58. The summed E-state index contributed by atoms with van der Waals surface area (Å²) in [7, 11) is 0. The maximum Gasteiger partial charge on any atom is 0.387 e. The van der Waals surface area contributed by atoms with Gasteiger partial charge in [0.25, 0.3) is 0 Å². The van der Waals surface area contributed by atoms with Crippen LogP contribution in [0.5, 0.6) is 5.75 Å². The topological polar surface area (TPSA) is 82.3 Å². The monoisotopic (exact) mass is 436 g/mol. The predicted octanol–water partition coefficient (Wildman–Crippen LogP) is 3.31. The number of ether oxygens (including phenoxy) is 1. The predicted molar refractivity (Wildman–Crippen MR) is 116 cm³/mol. The highest BCUT2D eigenvalue weighted by Gasteiger charge is 2.27. The third kappa shape index (κ3) is 6.58. The molecule has 1 aromatic heterocycles. The first-order valence-corrected chi connectivity index (χ1v) is 10.5. The van der Waals surface area contributed by atoms with Gasteiger partial charge in [-0.3, -0.25) is 0 Å². The van der Waals surface area contributed by atoms with Crippen molar-refractivity contribution in [1.29, 1.82) is 0 Å². The second-order valence-corrected chi connectivity index (χ2v) is 7.75. The molecule has 0 aliphatic carbocycles. The fourth-order valence-electron chi connectivity index (χ4n) is 3.58. The lowest BCUT2D eigenvalue weighted by Gasteiger charge is -2.35. The summed E-state index contributed by atoms with van der Waals surface area (Å²) in [5.41, 5.74) is -0.247. The Morgan fingerprint density at radius 2 is 2.13 bits per heavy atom. The Bertz CT molecular complexity index is 826. The van der Waals surface area contributed by atoms with E-state index in [-0.39, 0.29) is 18.3 Å². The van der Waals surface area contributed by atoms with Gasteiger partial charge in [0.1, 0.15) is 17.1 Å². The Hall–Kier alpha value is -2.81. The molecule has 2 unspecified atom stereocenters. The van der Waals surface area contributed by atoms with Crippen LogP contribution < -0.4 is 20.3 Å². The van der Waals surface area contributed by atoms with Gasteiger partial charge in [0.15, 0.2) is 5.96 Å². The highest BCUT2D eigenvalue weighted by Crippen LogP contribution is 2.24. The zero-order valence-corrected chi connectivity index (χ0v) is 17.9. The smallest absolute Gasteiger partial charge is 0.387 e. The van der Waals surface area contributed by atoms with Crippen molar-refractivity contribution in [1.82, 2.24) is 10.6 Å². The normalized spacial score (nSPS) is 19.2. The molecular weight excluding hydrogens is 406 g/mol. The molecule has 31 heavy (non-hydrogen) atoms. The highest BCUT2D eigenvalue weighted by atomic mass is 19.3. The van der Waals surface area contributed by atoms with Crippen LogP contribution in [-0.2, 0) is 5.60 Å². The molecule has 7 nitrogen and oxygen atoms in total. The Balaban J connectivity index is 1.61. The molecule has 2 atom stereocenters. The van der Waals surface area contributed by atoms with E-state index in [1.807, 2.05) is 6.92 Å². The number of benzene rings is 1. The van der Waals surface area contributed by atoms with Gasteiger partial charge in [0.05, 0.1) is 12.8 Å². The SMILES string of the molecule is CCNC(=NCC(C)(O)c1ccco1)NC1CCCN(c2ccc(OC(F)F)cc2)C1. The number of furan rings is 1. The van der Waals surface area contributed by atoms with Gasteiger partial charge >= 0.3 is 6.61 Å². The number of rotatable bonds is 8. The second kappa shape index (κ2) is 10.5. The average Bonchev–Trinajstić information content (AvgIpc) is 3.29. The van der Waals surface area contributed by atoms with Gasteiger partial charge in [-0.15, -0.1) is 0 Å². The number of anilines is 1. The number of aliphatic hydroxyl groups is 1. The third-order valence-electron chi connectivity index (χ3n) is 5.13. The Kier molecular flexibility index (Phi) is 7.73. The first kappa shape index (κ1) is 22.9. The maximum atomic E-state index is 12.3. The summed E-state index contributed by atoms with van der Waals surface area (Å²) in [5.74, 6) is 1.24. The summed E-state index contributed by atoms with van der Waals surface area (Å²) in [4.78, 5) is 6.75. The molecule has 1 aromatic carbocycles. The summed E-state index contributed by atoms with van der Waals surface area (Å²) in [6, 6.07) is 10.3. The number of hydrogen-bond acceptors (Lipinski definition) is 5. The Morgan fingerprint density at radius 1 is 1.35 bits per heavy atom. The minimum Gasteiger partial charge on any atom is -0.466 e. The number of alkyl halides is 2. The van der Waals surface area contributed by atoms with E-state index in [2.05, 4.69) is 25.3 Å². The molecule has 3 rings (SSSR count). The number of piperidine rings is 1. The van der Waals surface area contributed by atoms with E-state index in [0.29, 0.717) is 18.3 Å². The summed E-state index contributed by atoms with van der Waals surface area (Å²) >= 11 is 0. The van der Waals surface area contributed by atoms with Crippen LogP contribution in [0.2, 0.25) is 0 Å². The van der Waals surface area contributed by atoms with Crippen LogP contribution >= 0.6 is 0 Å². The molecule has 2 aromatic rings. The lowest BCUT2D eigenvalue weighted by Crippen LogP contribution is -2.51. The minimum absolute atomic E-state index is 0.149. The van der Waals surface area contributed by atoms with Gasteiger partial charge in [-0.05, 0) is 63.1 Å². The maximum absolute atomic E-state index is 12.3. The van der Waals surface area contributed by atoms with E-state index in [0.717, 1.165) is 31.6 Å². The van der Waals surface area contributed by atoms with Crippen molar-refractivity contribution in [2.24, 2.45) is 4.99 Å². The molecule has 0 radical (unpaired) electrons. The quantitative estimate of drug-likeness (QED) is 0.435. The van der Waals surface area contributed by atoms with Crippen LogP contribution in [0.15, 0.2) is 52.1 Å². The average molecular weight is 437 g/mol. The molecule has 0 saturated carbocycles. The second-order valence-electron chi connectivity index (χ2n) is 7.75. The summed E-state index contributed by atoms with van der Waals surface area (Å²) in [6.45, 7) is 3.30. The van der Waals surface area contributed by atoms with Gasteiger partial charge in [-0.25, -0.2) is 4.99 Å². The first-order chi connectivity index (χ1) is 14.9. The lowest BCUT2D eigenvalue weighted by atomic mass is 10.0. The van der Waals surface area contributed by atoms with Gasteiger partial charge < -0.3 is 29.8 Å². The van der Waals surface area contributed by atoms with Gasteiger partial charge in [-0.2, -0.15) is 8.78 Å². The number of hydrogen-bond donors (Lipinski definition) is 3. The van der Waals surface area contributed by atoms with Gasteiger partial charge in [-0.1, -0.05) is 0 Å². The van der Waals surface area contributed by atoms with Crippen LogP contribution in [0, 0.1) is 0 Å². The molecule has 0 bridgehead atoms. The van der Waals surface area contributed by atoms with E-state index < -0.39 is 12.2 Å². The molecule has 2 heterocycles. The summed E-state index contributed by atoms with van der Waals surface area (Å²) in [5, 5.41) is 17.3. The molecule has 1 aliphatic rings. The summed E-state index contributed by atoms with van der Waals surface area (Å²) < 4.78 is 34.4. The molecular formula is C22H30F2N4O3. The van der Waals surface area contributed by atoms with Crippen molar-refractivity contribution in [3.63, 3.8) is 0 Å². The largest absolute Gasteiger partial charge is 0.466 e. The standard InChI is InChI=1S/C22H30F2N4O3/c1-3-25-21(26-15-22(2,29)19-7-5-13-30-19)27-16-6-4-12-28(14-16)17-8-10-18(11-9-17)31-20(23)24/h5,7-11,13,16,20,29H,3-4,6,12,14-15H2,1-2H3,(H2,25,26,27). The number of guanidine groups is 1. The molecule has 3 N–H and O–H groups in total. The van der Waals surface area contributed by atoms with E-state index >= 15 is 0 Å². The minimum atomic E-state index is -2.83. The van der Waals surface area contributed by atoms with Crippen molar-refractivity contribution >= 4 is 11.6 Å². The fraction of sp³-hybridized carbons (Fsp3) is 0.500. The molecule has 1 saturated heterocycles. The summed E-state index contributed by atoms with van der Waals surface area (Å²) in [6.07, 6.45) is 3.48. The van der Waals surface area contributed by atoms with Gasteiger partial charge in [0.2, 0.25) is 0 Å². The molecule has 0 amide bonds. The van der Waals surface area contributed by atoms with Crippen molar-refractivity contribution in [2.75, 3.05) is 31.1 Å². The Morgan fingerprint density at radius 3 is 2.77 bits per heavy atom. The Labute approximate surface area is 181 Å². The number of halogens is 2. The van der Waals surface area contributed by atoms with Crippen LogP contribution in [0.4, 0.5) is 14.5 Å². The molecule has 170 valence electrons. The zero-order chi connectivity index (χ0) is 22.3. The number of nitrogens with one attached hydrogen (secondary N) is 2. The van der Waals surface area contributed by atoms with Crippen molar-refractivity contribution < 1.29 is 23.0 Å². The first-order valence-electron chi connectivity index (χ1n) is 10.5. The van der Waals surface area contributed by atoms with Crippen LogP contribution in [0.3, 0.4) is 0 Å². The number of nitrogens with zero attached hydrogens (tertiary/aromatic N) is 2. The zero-order valence-electron chi connectivity index (χ0n) is 17.9. The lowest BCUT2D eigenvalue weighted by molar-refractivity contribution is -0.0498. The van der Waals surface area contributed by atoms with E-state index in [4.69, 9.17) is 4.42 Å². The van der Waals surface area contributed by atoms with Gasteiger partial charge in [0, 0.05) is 31.4 Å².